The zero-order valence-corrected chi connectivity index (χ0v) is 10.6. The standard InChI is InChI=1S/C12H21N3O2/c1-9(2)15-6-3-10(12(15)17)11(16)14-7-4-13-5-8-14/h9-10,13H,3-8H2,1-2H3. The Morgan fingerprint density at radius 3 is 2.47 bits per heavy atom. The number of carbonyl (C=O) groups excluding carboxylic acids is 2. The van der Waals surface area contributed by atoms with Gasteiger partial charge in [0.15, 0.2) is 0 Å². The van der Waals surface area contributed by atoms with E-state index in [2.05, 4.69) is 5.32 Å². The molecule has 0 radical (unpaired) electrons. The van der Waals surface area contributed by atoms with Crippen molar-refractivity contribution in [1.29, 1.82) is 0 Å². The van der Waals surface area contributed by atoms with Gasteiger partial charge in [0.05, 0.1) is 0 Å². The summed E-state index contributed by atoms with van der Waals surface area (Å²) in [5.74, 6) is -0.376. The predicted molar refractivity (Wildman–Crippen MR) is 64.4 cm³/mol. The Kier molecular flexibility index (Phi) is 3.66. The van der Waals surface area contributed by atoms with Gasteiger partial charge in [0.1, 0.15) is 5.92 Å². The molecule has 5 nitrogen and oxygen atoms in total. The molecule has 96 valence electrons. The van der Waals surface area contributed by atoms with Crippen LogP contribution >= 0.6 is 0 Å². The largest absolute Gasteiger partial charge is 0.340 e. The first-order valence-electron chi connectivity index (χ1n) is 6.41. The van der Waals surface area contributed by atoms with Gasteiger partial charge in [0.2, 0.25) is 11.8 Å². The molecule has 0 aromatic rings. The minimum Gasteiger partial charge on any atom is -0.340 e. The van der Waals surface area contributed by atoms with Crippen LogP contribution in [0.25, 0.3) is 0 Å². The van der Waals surface area contributed by atoms with Crippen LogP contribution in [0.2, 0.25) is 0 Å². The van der Waals surface area contributed by atoms with Crippen molar-refractivity contribution in [2.45, 2.75) is 26.3 Å². The van der Waals surface area contributed by atoms with Gasteiger partial charge in [-0.1, -0.05) is 0 Å². The van der Waals surface area contributed by atoms with Crippen molar-refractivity contribution >= 4 is 11.8 Å². The van der Waals surface area contributed by atoms with Crippen molar-refractivity contribution in [2.24, 2.45) is 5.92 Å². The van der Waals surface area contributed by atoms with Crippen LogP contribution in [0.1, 0.15) is 20.3 Å². The Balaban J connectivity index is 1.98. The smallest absolute Gasteiger partial charge is 0.235 e. The summed E-state index contributed by atoms with van der Waals surface area (Å²) in [6, 6.07) is 0.198. The first-order chi connectivity index (χ1) is 8.11. The molecule has 0 spiro atoms. The Morgan fingerprint density at radius 2 is 1.94 bits per heavy atom. The zero-order chi connectivity index (χ0) is 12.4. The number of rotatable bonds is 2. The fourth-order valence-electron chi connectivity index (χ4n) is 2.55. The highest BCUT2D eigenvalue weighted by Gasteiger charge is 2.39. The second-order valence-electron chi connectivity index (χ2n) is 5.04. The number of nitrogens with zero attached hydrogens (tertiary/aromatic N) is 2. The SMILES string of the molecule is CC(C)N1CCC(C(=O)N2CCNCC2)C1=O. The van der Waals surface area contributed by atoms with Gasteiger partial charge in [-0.25, -0.2) is 0 Å². The van der Waals surface area contributed by atoms with Crippen LogP contribution in [0.3, 0.4) is 0 Å². The summed E-state index contributed by atoms with van der Waals surface area (Å²) in [6.45, 7) is 7.83. The number of amides is 2. The fourth-order valence-corrected chi connectivity index (χ4v) is 2.55. The lowest BCUT2D eigenvalue weighted by atomic mass is 10.1. The molecule has 2 amide bonds. The molecule has 0 aliphatic carbocycles. The third kappa shape index (κ3) is 2.44. The Morgan fingerprint density at radius 1 is 1.29 bits per heavy atom. The van der Waals surface area contributed by atoms with E-state index in [9.17, 15) is 9.59 Å². The van der Waals surface area contributed by atoms with E-state index in [-0.39, 0.29) is 17.9 Å². The lowest BCUT2D eigenvalue weighted by Gasteiger charge is -2.29. The maximum atomic E-state index is 12.2. The summed E-state index contributed by atoms with van der Waals surface area (Å²) in [6.07, 6.45) is 0.680. The first kappa shape index (κ1) is 12.4. The molecule has 1 N–H and O–H groups in total. The zero-order valence-electron chi connectivity index (χ0n) is 10.6. The quantitative estimate of drug-likeness (QED) is 0.672. The number of likely N-dealkylation sites (tertiary alicyclic amines) is 1. The van der Waals surface area contributed by atoms with Crippen molar-refractivity contribution < 1.29 is 9.59 Å². The lowest BCUT2D eigenvalue weighted by Crippen LogP contribution is -2.49. The van der Waals surface area contributed by atoms with Gasteiger partial charge in [-0.15, -0.1) is 0 Å². The van der Waals surface area contributed by atoms with Gasteiger partial charge >= 0.3 is 0 Å². The molecule has 0 bridgehead atoms. The molecule has 2 aliphatic heterocycles. The molecular weight excluding hydrogens is 218 g/mol. The molecule has 5 heteroatoms. The molecule has 2 saturated heterocycles. The minimum absolute atomic E-state index is 0.0172. The van der Waals surface area contributed by atoms with E-state index in [1.807, 2.05) is 23.6 Å². The maximum Gasteiger partial charge on any atom is 0.235 e. The van der Waals surface area contributed by atoms with Gasteiger partial charge < -0.3 is 15.1 Å². The molecule has 17 heavy (non-hydrogen) atoms. The van der Waals surface area contributed by atoms with E-state index in [0.717, 1.165) is 32.7 Å². The van der Waals surface area contributed by atoms with Crippen molar-refractivity contribution in [3.63, 3.8) is 0 Å². The van der Waals surface area contributed by atoms with E-state index < -0.39 is 5.92 Å². The highest BCUT2D eigenvalue weighted by atomic mass is 16.2. The molecule has 2 aliphatic rings. The van der Waals surface area contributed by atoms with Gasteiger partial charge in [-0.3, -0.25) is 9.59 Å². The van der Waals surface area contributed by atoms with Crippen LogP contribution in [-0.4, -0.2) is 60.4 Å². The summed E-state index contributed by atoms with van der Waals surface area (Å²) >= 11 is 0. The molecule has 2 fully saturated rings. The summed E-state index contributed by atoms with van der Waals surface area (Å²) in [4.78, 5) is 28.0. The number of hydrogen-bond donors (Lipinski definition) is 1. The second kappa shape index (κ2) is 5.04. The van der Waals surface area contributed by atoms with E-state index in [1.54, 1.807) is 0 Å². The van der Waals surface area contributed by atoms with Crippen LogP contribution < -0.4 is 5.32 Å². The maximum absolute atomic E-state index is 12.2. The van der Waals surface area contributed by atoms with E-state index in [1.165, 1.54) is 0 Å². The van der Waals surface area contributed by atoms with E-state index in [0.29, 0.717) is 6.42 Å². The summed E-state index contributed by atoms with van der Waals surface area (Å²) in [5, 5.41) is 3.21. The molecule has 1 unspecified atom stereocenters. The predicted octanol–water partition coefficient (Wildman–Crippen LogP) is -0.325. The Bertz CT molecular complexity index is 311. The summed E-state index contributed by atoms with van der Waals surface area (Å²) in [7, 11) is 0. The number of piperazine rings is 1. The monoisotopic (exact) mass is 239 g/mol. The van der Waals surface area contributed by atoms with Gasteiger partial charge in [-0.2, -0.15) is 0 Å². The molecule has 0 aromatic heterocycles. The number of carbonyl (C=O) groups is 2. The summed E-state index contributed by atoms with van der Waals surface area (Å²) in [5.41, 5.74) is 0. The van der Waals surface area contributed by atoms with Crippen LogP contribution in [-0.2, 0) is 9.59 Å². The van der Waals surface area contributed by atoms with Gasteiger partial charge in [-0.05, 0) is 20.3 Å². The topological polar surface area (TPSA) is 52.7 Å². The second-order valence-corrected chi connectivity index (χ2v) is 5.04. The molecule has 1 atom stereocenters. The third-order valence-corrected chi connectivity index (χ3v) is 3.59. The van der Waals surface area contributed by atoms with Crippen molar-refractivity contribution in [2.75, 3.05) is 32.7 Å². The lowest BCUT2D eigenvalue weighted by molar-refractivity contribution is -0.144. The molecular formula is C12H21N3O2. The highest BCUT2D eigenvalue weighted by molar-refractivity contribution is 6.01. The third-order valence-electron chi connectivity index (χ3n) is 3.59. The molecule has 2 heterocycles. The van der Waals surface area contributed by atoms with Gasteiger partial charge in [0, 0.05) is 38.8 Å². The number of hydrogen-bond acceptors (Lipinski definition) is 3. The average molecular weight is 239 g/mol. The van der Waals surface area contributed by atoms with E-state index >= 15 is 0 Å². The number of nitrogens with one attached hydrogen (secondary N) is 1. The highest BCUT2D eigenvalue weighted by Crippen LogP contribution is 2.22. The first-order valence-corrected chi connectivity index (χ1v) is 6.41. The Labute approximate surface area is 102 Å². The van der Waals surface area contributed by atoms with Crippen LogP contribution in [0, 0.1) is 5.92 Å². The fraction of sp³-hybridized carbons (Fsp3) is 0.833. The molecule has 2 rings (SSSR count). The van der Waals surface area contributed by atoms with Crippen molar-refractivity contribution in [3.8, 4) is 0 Å². The molecule has 0 aromatic carbocycles. The van der Waals surface area contributed by atoms with Crippen molar-refractivity contribution in [1.82, 2.24) is 15.1 Å². The minimum atomic E-state index is -0.421. The van der Waals surface area contributed by atoms with Crippen LogP contribution in [0.5, 0.6) is 0 Å². The molecule has 0 saturated carbocycles. The van der Waals surface area contributed by atoms with Crippen LogP contribution in [0.4, 0.5) is 0 Å². The van der Waals surface area contributed by atoms with Gasteiger partial charge in [0.25, 0.3) is 0 Å². The summed E-state index contributed by atoms with van der Waals surface area (Å²) < 4.78 is 0. The van der Waals surface area contributed by atoms with Crippen molar-refractivity contribution in [3.05, 3.63) is 0 Å². The van der Waals surface area contributed by atoms with Crippen LogP contribution in [0.15, 0.2) is 0 Å². The average Bonchev–Trinajstić information content (AvgIpc) is 2.71. The Hall–Kier alpha value is -1.10. The normalized spacial score (nSPS) is 25.8. The van der Waals surface area contributed by atoms with E-state index in [4.69, 9.17) is 0 Å².